The molecule has 1 saturated carbocycles. The molecule has 2 amide bonds. The van der Waals surface area contributed by atoms with Crippen molar-refractivity contribution in [2.24, 2.45) is 5.41 Å². The molecule has 2 aromatic rings. The highest BCUT2D eigenvalue weighted by atomic mass is 16.5. The third-order valence-electron chi connectivity index (χ3n) is 4.67. The van der Waals surface area contributed by atoms with E-state index >= 15 is 0 Å². The van der Waals surface area contributed by atoms with Crippen LogP contribution >= 0.6 is 0 Å². The first-order valence-electron chi connectivity index (χ1n) is 9.31. The lowest BCUT2D eigenvalue weighted by Gasteiger charge is -2.18. The summed E-state index contributed by atoms with van der Waals surface area (Å²) >= 11 is 0. The van der Waals surface area contributed by atoms with Crippen LogP contribution in [0.4, 0.5) is 11.4 Å². The molecule has 6 nitrogen and oxygen atoms in total. The van der Waals surface area contributed by atoms with Crippen LogP contribution in [0.2, 0.25) is 0 Å². The predicted octanol–water partition coefficient (Wildman–Crippen LogP) is 4.03. The van der Waals surface area contributed by atoms with Crippen molar-refractivity contribution in [3.8, 4) is 5.75 Å². The molecule has 146 valence electrons. The average Bonchev–Trinajstić information content (AvgIpc) is 3.45. The second kappa shape index (κ2) is 7.84. The molecule has 1 fully saturated rings. The van der Waals surface area contributed by atoms with Gasteiger partial charge in [-0.25, -0.2) is 0 Å². The first kappa shape index (κ1) is 19.6. The standard InChI is InChI=1S/C22H24N2O4/c1-14(2)28-19-7-5-4-6-18(19)24-21(27)22(12-13-22)20(26)23-17-10-8-16(9-11-17)15(3)25/h4-11,14H,12-13H2,1-3H3,(H,23,26)(H,24,27). The molecule has 0 heterocycles. The van der Waals surface area contributed by atoms with Gasteiger partial charge in [0.25, 0.3) is 0 Å². The van der Waals surface area contributed by atoms with Gasteiger partial charge in [0, 0.05) is 11.3 Å². The zero-order chi connectivity index (χ0) is 20.3. The Morgan fingerprint density at radius 1 is 0.929 bits per heavy atom. The maximum absolute atomic E-state index is 12.8. The van der Waals surface area contributed by atoms with Crippen molar-refractivity contribution < 1.29 is 19.1 Å². The Kier molecular flexibility index (Phi) is 5.49. The molecule has 1 aliphatic carbocycles. The van der Waals surface area contributed by atoms with Crippen LogP contribution in [0.5, 0.6) is 5.75 Å². The van der Waals surface area contributed by atoms with Gasteiger partial charge in [0.15, 0.2) is 5.78 Å². The van der Waals surface area contributed by atoms with Crippen LogP contribution in [0.25, 0.3) is 0 Å². The van der Waals surface area contributed by atoms with Crippen molar-refractivity contribution >= 4 is 29.0 Å². The highest BCUT2D eigenvalue weighted by Gasteiger charge is 2.56. The van der Waals surface area contributed by atoms with Crippen molar-refractivity contribution in [2.45, 2.75) is 39.7 Å². The molecule has 0 radical (unpaired) electrons. The number of amides is 2. The van der Waals surface area contributed by atoms with Gasteiger partial charge in [-0.2, -0.15) is 0 Å². The number of rotatable bonds is 7. The minimum absolute atomic E-state index is 0.0331. The van der Waals surface area contributed by atoms with Gasteiger partial charge in [0.05, 0.1) is 11.8 Å². The first-order chi connectivity index (χ1) is 13.3. The van der Waals surface area contributed by atoms with E-state index in [2.05, 4.69) is 10.6 Å². The van der Waals surface area contributed by atoms with E-state index in [0.29, 0.717) is 35.5 Å². The summed E-state index contributed by atoms with van der Waals surface area (Å²) in [6.45, 7) is 5.30. The van der Waals surface area contributed by atoms with Crippen molar-refractivity contribution in [1.82, 2.24) is 0 Å². The minimum atomic E-state index is -1.08. The minimum Gasteiger partial charge on any atom is -0.489 e. The smallest absolute Gasteiger partial charge is 0.240 e. The Balaban J connectivity index is 1.70. The van der Waals surface area contributed by atoms with E-state index < -0.39 is 5.41 Å². The van der Waals surface area contributed by atoms with E-state index in [1.54, 1.807) is 42.5 Å². The van der Waals surface area contributed by atoms with Gasteiger partial charge in [-0.1, -0.05) is 12.1 Å². The summed E-state index contributed by atoms with van der Waals surface area (Å²) in [5.74, 6) is -0.159. The van der Waals surface area contributed by atoms with Gasteiger partial charge >= 0.3 is 0 Å². The Hall–Kier alpha value is -3.15. The van der Waals surface area contributed by atoms with Crippen LogP contribution in [0.3, 0.4) is 0 Å². The number of carbonyl (C=O) groups is 3. The van der Waals surface area contributed by atoms with Crippen LogP contribution in [-0.2, 0) is 9.59 Å². The van der Waals surface area contributed by atoms with Crippen LogP contribution in [-0.4, -0.2) is 23.7 Å². The Labute approximate surface area is 164 Å². The molecule has 0 saturated heterocycles. The maximum Gasteiger partial charge on any atom is 0.240 e. The summed E-state index contributed by atoms with van der Waals surface area (Å²) in [6.07, 6.45) is 0.946. The topological polar surface area (TPSA) is 84.5 Å². The average molecular weight is 380 g/mol. The third kappa shape index (κ3) is 4.22. The quantitative estimate of drug-likeness (QED) is 0.561. The van der Waals surface area contributed by atoms with E-state index in [0.717, 1.165) is 0 Å². The van der Waals surface area contributed by atoms with Crippen LogP contribution in [0.15, 0.2) is 48.5 Å². The van der Waals surface area contributed by atoms with E-state index in [1.807, 2.05) is 19.9 Å². The molecule has 6 heteroatoms. The molecule has 0 aromatic heterocycles. The molecule has 2 N–H and O–H groups in total. The molecule has 0 spiro atoms. The molecular formula is C22H24N2O4. The van der Waals surface area contributed by atoms with E-state index in [-0.39, 0.29) is 23.7 Å². The van der Waals surface area contributed by atoms with Gasteiger partial charge in [0.1, 0.15) is 11.2 Å². The van der Waals surface area contributed by atoms with Crippen LogP contribution < -0.4 is 15.4 Å². The summed E-state index contributed by atoms with van der Waals surface area (Å²) in [5, 5.41) is 5.62. The number of hydrogen-bond acceptors (Lipinski definition) is 4. The molecule has 0 bridgehead atoms. The summed E-state index contributed by atoms with van der Waals surface area (Å²) in [7, 11) is 0. The van der Waals surface area contributed by atoms with Gasteiger partial charge in [0.2, 0.25) is 11.8 Å². The normalized spacial score (nSPS) is 14.3. The SMILES string of the molecule is CC(=O)c1ccc(NC(=O)C2(C(=O)Nc3ccccc3OC(C)C)CC2)cc1. The number of carbonyl (C=O) groups excluding carboxylic acids is 3. The Morgan fingerprint density at radius 2 is 1.54 bits per heavy atom. The van der Waals surface area contributed by atoms with Crippen molar-refractivity contribution in [2.75, 3.05) is 10.6 Å². The molecule has 28 heavy (non-hydrogen) atoms. The second-order valence-corrected chi connectivity index (χ2v) is 7.29. The first-order valence-corrected chi connectivity index (χ1v) is 9.31. The number of ether oxygens (including phenoxy) is 1. The lowest BCUT2D eigenvalue weighted by molar-refractivity contribution is -0.131. The molecule has 1 aliphatic rings. The Morgan fingerprint density at radius 3 is 2.11 bits per heavy atom. The lowest BCUT2D eigenvalue weighted by atomic mass is 10.0. The van der Waals surface area contributed by atoms with E-state index in [1.165, 1.54) is 6.92 Å². The number of para-hydroxylation sites is 2. The summed E-state index contributed by atoms with van der Waals surface area (Å²) < 4.78 is 5.72. The summed E-state index contributed by atoms with van der Waals surface area (Å²) in [5.41, 5.74) is 0.590. The zero-order valence-electron chi connectivity index (χ0n) is 16.2. The fourth-order valence-electron chi connectivity index (χ4n) is 2.89. The molecule has 0 unspecified atom stereocenters. The number of nitrogens with one attached hydrogen (secondary N) is 2. The molecule has 3 rings (SSSR count). The number of anilines is 2. The zero-order valence-corrected chi connectivity index (χ0v) is 16.2. The molecule has 0 aliphatic heterocycles. The largest absolute Gasteiger partial charge is 0.489 e. The number of Topliss-reactive ketones (excluding diaryl/α,β-unsaturated/α-hetero) is 1. The predicted molar refractivity (Wildman–Crippen MR) is 108 cm³/mol. The van der Waals surface area contributed by atoms with Gasteiger partial charge in [-0.3, -0.25) is 14.4 Å². The van der Waals surface area contributed by atoms with Crippen molar-refractivity contribution in [3.63, 3.8) is 0 Å². The van der Waals surface area contributed by atoms with Crippen molar-refractivity contribution in [1.29, 1.82) is 0 Å². The van der Waals surface area contributed by atoms with Crippen molar-refractivity contribution in [3.05, 3.63) is 54.1 Å². The lowest BCUT2D eigenvalue weighted by Crippen LogP contribution is -2.35. The highest BCUT2D eigenvalue weighted by molar-refractivity contribution is 6.17. The van der Waals surface area contributed by atoms with E-state index in [9.17, 15) is 14.4 Å². The number of ketones is 1. The van der Waals surface area contributed by atoms with Gasteiger partial charge < -0.3 is 15.4 Å². The maximum atomic E-state index is 12.8. The fourth-order valence-corrected chi connectivity index (χ4v) is 2.89. The van der Waals surface area contributed by atoms with Gasteiger partial charge in [-0.05, 0) is 70.0 Å². The highest BCUT2D eigenvalue weighted by Crippen LogP contribution is 2.48. The third-order valence-corrected chi connectivity index (χ3v) is 4.67. The number of hydrogen-bond donors (Lipinski definition) is 2. The van der Waals surface area contributed by atoms with E-state index in [4.69, 9.17) is 4.74 Å². The molecule has 0 atom stereocenters. The molecular weight excluding hydrogens is 356 g/mol. The summed E-state index contributed by atoms with van der Waals surface area (Å²) in [6, 6.07) is 13.8. The Bertz CT molecular complexity index is 899. The monoisotopic (exact) mass is 380 g/mol. The van der Waals surface area contributed by atoms with Gasteiger partial charge in [-0.15, -0.1) is 0 Å². The second-order valence-electron chi connectivity index (χ2n) is 7.29. The fraction of sp³-hybridized carbons (Fsp3) is 0.318. The van der Waals surface area contributed by atoms with Crippen LogP contribution in [0, 0.1) is 5.41 Å². The number of benzene rings is 2. The summed E-state index contributed by atoms with van der Waals surface area (Å²) in [4.78, 5) is 36.9. The van der Waals surface area contributed by atoms with Crippen LogP contribution in [0.1, 0.15) is 44.0 Å². The molecule has 2 aromatic carbocycles.